The maximum Gasteiger partial charge on any atom is 0.313 e. The average molecular weight is 297 g/mol. The number of ether oxygens (including phenoxy) is 1. The van der Waals surface area contributed by atoms with E-state index in [0.717, 1.165) is 0 Å². The molecule has 3 rings (SSSR count). The van der Waals surface area contributed by atoms with Crippen LogP contribution in [-0.2, 0) is 11.8 Å². The predicted octanol–water partition coefficient (Wildman–Crippen LogP) is -3.89. The summed E-state index contributed by atoms with van der Waals surface area (Å²) in [6.07, 6.45) is -3.15. The number of H-pyrrole nitrogens is 1. The van der Waals surface area contributed by atoms with Gasteiger partial charge in [-0.3, -0.25) is 14.3 Å². The van der Waals surface area contributed by atoms with E-state index in [1.807, 2.05) is 0 Å². The number of hydrogen-bond acceptors (Lipinski definition) is 7. The lowest BCUT2D eigenvalue weighted by Crippen LogP contribution is -2.46. The highest BCUT2D eigenvalue weighted by atomic mass is 16.6. The van der Waals surface area contributed by atoms with Gasteiger partial charge < -0.3 is 25.8 Å². The molecule has 3 heterocycles. The van der Waals surface area contributed by atoms with E-state index in [-0.39, 0.29) is 17.1 Å². The van der Waals surface area contributed by atoms with Crippen molar-refractivity contribution in [2.75, 3.05) is 12.3 Å². The van der Waals surface area contributed by atoms with Crippen LogP contribution in [-0.4, -0.2) is 49.7 Å². The number of anilines is 1. The van der Waals surface area contributed by atoms with Crippen LogP contribution < -0.4 is 21.0 Å². The zero-order valence-corrected chi connectivity index (χ0v) is 11.1. The van der Waals surface area contributed by atoms with Gasteiger partial charge in [-0.05, 0) is 0 Å². The van der Waals surface area contributed by atoms with Gasteiger partial charge in [0, 0.05) is 0 Å². The number of imidazole rings is 1. The molecule has 5 N–H and O–H groups in total. The second kappa shape index (κ2) is 4.77. The van der Waals surface area contributed by atoms with E-state index < -0.39 is 36.7 Å². The Kier molecular flexibility index (Phi) is 3.17. The minimum atomic E-state index is -1.30. The molecular formula is C11H15N5O5. The summed E-state index contributed by atoms with van der Waals surface area (Å²) in [6.45, 7) is -0.684. The number of fused-ring (bicyclic) bond motifs is 1. The number of nitrogens with two attached hydrogens (primary N) is 1. The second-order valence-electron chi connectivity index (χ2n) is 4.97. The van der Waals surface area contributed by atoms with Gasteiger partial charge in [-0.2, -0.15) is 0 Å². The normalized spacial score (nSPS) is 29.3. The third-order valence-corrected chi connectivity index (χ3v) is 3.57. The quantitative estimate of drug-likeness (QED) is 0.413. The summed E-state index contributed by atoms with van der Waals surface area (Å²) >= 11 is 0. The van der Waals surface area contributed by atoms with Crippen LogP contribution in [0.25, 0.3) is 11.2 Å². The van der Waals surface area contributed by atoms with Gasteiger partial charge in [-0.1, -0.05) is 4.98 Å². The summed E-state index contributed by atoms with van der Waals surface area (Å²) in [5.74, 6) is -0.0825. The number of aromatic nitrogens is 4. The predicted molar refractivity (Wildman–Crippen MR) is 66.7 cm³/mol. The van der Waals surface area contributed by atoms with Crippen LogP contribution in [0.2, 0.25) is 0 Å². The van der Waals surface area contributed by atoms with E-state index in [2.05, 4.69) is 9.97 Å². The Morgan fingerprint density at radius 2 is 2.29 bits per heavy atom. The molecule has 2 aromatic rings. The Hall–Kier alpha value is -2.01. The Morgan fingerprint density at radius 3 is 2.90 bits per heavy atom. The zero-order chi connectivity index (χ0) is 15.3. The van der Waals surface area contributed by atoms with Crippen LogP contribution in [0.15, 0.2) is 11.1 Å². The first kappa shape index (κ1) is 13.9. The van der Waals surface area contributed by atoms with E-state index >= 15 is 0 Å². The summed E-state index contributed by atoms with van der Waals surface area (Å²) < 4.78 is 8.24. The van der Waals surface area contributed by atoms with Crippen molar-refractivity contribution < 1.29 is 24.6 Å². The highest BCUT2D eigenvalue weighted by molar-refractivity contribution is 5.67. The number of nitrogens with zero attached hydrogens (tertiary/aromatic N) is 3. The minimum absolute atomic E-state index is 0.0825. The van der Waals surface area contributed by atoms with E-state index in [9.17, 15) is 20.1 Å². The van der Waals surface area contributed by atoms with Gasteiger partial charge in [-0.15, -0.1) is 6.61 Å². The third-order valence-electron chi connectivity index (χ3n) is 3.57. The van der Waals surface area contributed by atoms with Crippen molar-refractivity contribution in [1.82, 2.24) is 14.5 Å². The molecule has 1 fully saturated rings. The Bertz CT molecular complexity index is 740. The van der Waals surface area contributed by atoms with Crippen LogP contribution in [0, 0.1) is 0 Å². The topological polar surface area (TPSA) is 153 Å². The fourth-order valence-corrected chi connectivity index (χ4v) is 2.55. The van der Waals surface area contributed by atoms with Crippen LogP contribution in [0.1, 0.15) is 6.23 Å². The van der Waals surface area contributed by atoms with Gasteiger partial charge in [-0.25, -0.2) is 4.57 Å². The lowest BCUT2D eigenvalue weighted by molar-refractivity contribution is -0.746. The van der Waals surface area contributed by atoms with E-state index in [1.54, 1.807) is 7.05 Å². The number of nitrogens with one attached hydrogen (secondary N) is 1. The van der Waals surface area contributed by atoms with Crippen molar-refractivity contribution >= 4 is 17.1 Å². The van der Waals surface area contributed by atoms with E-state index in [4.69, 9.17) is 10.5 Å². The van der Waals surface area contributed by atoms with Crippen molar-refractivity contribution in [2.45, 2.75) is 24.5 Å². The Balaban J connectivity index is 2.16. The van der Waals surface area contributed by atoms with Crippen molar-refractivity contribution in [3.05, 3.63) is 16.7 Å². The molecule has 4 atom stereocenters. The van der Waals surface area contributed by atoms with Crippen molar-refractivity contribution in [2.24, 2.45) is 7.05 Å². The molecule has 0 saturated carbocycles. The van der Waals surface area contributed by atoms with Gasteiger partial charge in [0.1, 0.15) is 12.2 Å². The SMILES string of the molecule is Cn1c[n+]([C@@H]2O[C@H](C[O-])[C@@H](O)[C@H]2O)c2nc(N)[nH]c(=O)c21. The highest BCUT2D eigenvalue weighted by Crippen LogP contribution is 2.25. The Morgan fingerprint density at radius 1 is 1.57 bits per heavy atom. The molecule has 0 unspecified atom stereocenters. The first-order valence-corrected chi connectivity index (χ1v) is 6.29. The van der Waals surface area contributed by atoms with Crippen LogP contribution in [0.5, 0.6) is 0 Å². The molecule has 10 heteroatoms. The van der Waals surface area contributed by atoms with Crippen LogP contribution in [0.4, 0.5) is 5.95 Å². The number of aromatic amines is 1. The molecule has 1 saturated heterocycles. The molecule has 114 valence electrons. The lowest BCUT2D eigenvalue weighted by Gasteiger charge is -2.15. The number of rotatable bonds is 2. The molecule has 1 aliphatic heterocycles. The maximum absolute atomic E-state index is 11.9. The van der Waals surface area contributed by atoms with Gasteiger partial charge in [0.25, 0.3) is 11.5 Å². The molecule has 10 nitrogen and oxygen atoms in total. The zero-order valence-electron chi connectivity index (χ0n) is 11.1. The summed E-state index contributed by atoms with van der Waals surface area (Å²) in [7, 11) is 1.62. The number of nitrogen functional groups attached to an aromatic ring is 1. The summed E-state index contributed by atoms with van der Waals surface area (Å²) in [5, 5.41) is 30.7. The standard InChI is InChI=1S/C11H15N5O5/c1-15-3-16(8-5(15)9(20)14-11(12)13-8)10-7(19)6(18)4(2-17)21-10/h3-4,6-7,10,18-19H,2H2,1H3,(H3,12,13,14,20)/t4-,6-,7-,10-/m1/s1. The summed E-state index contributed by atoms with van der Waals surface area (Å²) in [6, 6.07) is 0. The van der Waals surface area contributed by atoms with Crippen molar-refractivity contribution in [1.29, 1.82) is 0 Å². The number of aryl methyl sites for hydroxylation is 1. The number of hydrogen-bond donors (Lipinski definition) is 4. The molecule has 1 aliphatic rings. The molecule has 21 heavy (non-hydrogen) atoms. The molecule has 0 amide bonds. The largest absolute Gasteiger partial charge is 0.853 e. The van der Waals surface area contributed by atoms with Crippen LogP contribution in [0.3, 0.4) is 0 Å². The van der Waals surface area contributed by atoms with Gasteiger partial charge in [0.05, 0.1) is 13.2 Å². The number of aliphatic hydroxyl groups excluding tert-OH is 2. The van der Waals surface area contributed by atoms with Gasteiger partial charge in [0.2, 0.25) is 11.7 Å². The number of aliphatic hydroxyl groups is 2. The lowest BCUT2D eigenvalue weighted by atomic mass is 10.1. The molecule has 0 radical (unpaired) electrons. The fraction of sp³-hybridized carbons (Fsp3) is 0.545. The monoisotopic (exact) mass is 297 g/mol. The minimum Gasteiger partial charge on any atom is -0.853 e. The first-order valence-electron chi connectivity index (χ1n) is 6.29. The maximum atomic E-state index is 11.9. The Labute approximate surface area is 118 Å². The fourth-order valence-electron chi connectivity index (χ4n) is 2.55. The van der Waals surface area contributed by atoms with Gasteiger partial charge in [0.15, 0.2) is 6.33 Å². The van der Waals surface area contributed by atoms with E-state index in [1.165, 1.54) is 15.5 Å². The van der Waals surface area contributed by atoms with E-state index in [0.29, 0.717) is 0 Å². The van der Waals surface area contributed by atoms with Gasteiger partial charge >= 0.3 is 5.65 Å². The summed E-state index contributed by atoms with van der Waals surface area (Å²) in [4.78, 5) is 18.3. The molecule has 0 aromatic carbocycles. The highest BCUT2D eigenvalue weighted by Gasteiger charge is 2.45. The molecule has 2 aromatic heterocycles. The van der Waals surface area contributed by atoms with Crippen LogP contribution >= 0.6 is 0 Å². The molecule has 0 bridgehead atoms. The average Bonchev–Trinajstić information content (AvgIpc) is 2.89. The third kappa shape index (κ3) is 2.00. The molecular weight excluding hydrogens is 282 g/mol. The molecule has 0 aliphatic carbocycles. The smallest absolute Gasteiger partial charge is 0.313 e. The first-order chi connectivity index (χ1) is 9.93. The van der Waals surface area contributed by atoms with Crippen molar-refractivity contribution in [3.63, 3.8) is 0 Å². The summed E-state index contributed by atoms with van der Waals surface area (Å²) in [5.41, 5.74) is 5.52. The van der Waals surface area contributed by atoms with Crippen molar-refractivity contribution in [3.8, 4) is 0 Å². The molecule has 0 spiro atoms. The second-order valence-corrected chi connectivity index (χ2v) is 4.97.